The van der Waals surface area contributed by atoms with Gasteiger partial charge in [0.05, 0.1) is 0 Å². The highest BCUT2D eigenvalue weighted by Crippen LogP contribution is 2.14. The van der Waals surface area contributed by atoms with Crippen LogP contribution in [0, 0.1) is 0 Å². The van der Waals surface area contributed by atoms with Crippen molar-refractivity contribution < 1.29 is 28.6 Å². The lowest BCUT2D eigenvalue weighted by molar-refractivity contribution is -0.167. The fourth-order valence-electron chi connectivity index (χ4n) is 8.28. The van der Waals surface area contributed by atoms with Gasteiger partial charge in [-0.05, 0) is 128 Å². The third-order valence-corrected chi connectivity index (χ3v) is 12.9. The summed E-state index contributed by atoms with van der Waals surface area (Å²) in [4.78, 5) is 38.3. The van der Waals surface area contributed by atoms with Gasteiger partial charge >= 0.3 is 17.9 Å². The normalized spacial score (nSPS) is 12.9. The predicted octanol–water partition coefficient (Wildman–Crippen LogP) is 21.2. The van der Waals surface area contributed by atoms with Crippen LogP contribution in [0.15, 0.2) is 122 Å². The highest BCUT2D eigenvalue weighted by molar-refractivity contribution is 5.71. The third kappa shape index (κ3) is 60.6. The van der Waals surface area contributed by atoms with Gasteiger partial charge in [-0.15, -0.1) is 0 Å². The van der Waals surface area contributed by atoms with Crippen molar-refractivity contribution in [3.05, 3.63) is 122 Å². The topological polar surface area (TPSA) is 78.9 Å². The molecule has 0 saturated carbocycles. The van der Waals surface area contributed by atoms with Gasteiger partial charge in [-0.3, -0.25) is 14.4 Å². The van der Waals surface area contributed by atoms with Crippen molar-refractivity contribution in [2.75, 3.05) is 13.2 Å². The van der Waals surface area contributed by atoms with E-state index < -0.39 is 6.10 Å². The predicted molar refractivity (Wildman–Crippen MR) is 325 cm³/mol. The Balaban J connectivity index is 4.47. The van der Waals surface area contributed by atoms with Crippen molar-refractivity contribution in [3.8, 4) is 0 Å². The maximum Gasteiger partial charge on any atom is 0.306 e. The van der Waals surface area contributed by atoms with Crippen LogP contribution in [0.5, 0.6) is 0 Å². The van der Waals surface area contributed by atoms with Gasteiger partial charge in [0, 0.05) is 19.3 Å². The Kier molecular flexibility index (Phi) is 58.9. The van der Waals surface area contributed by atoms with E-state index in [0.29, 0.717) is 19.3 Å². The van der Waals surface area contributed by atoms with Gasteiger partial charge in [0.1, 0.15) is 13.2 Å². The molecule has 0 aliphatic heterocycles. The highest BCUT2D eigenvalue weighted by Gasteiger charge is 2.19. The Labute approximate surface area is 462 Å². The van der Waals surface area contributed by atoms with E-state index in [0.717, 1.165) is 109 Å². The van der Waals surface area contributed by atoms with Gasteiger partial charge in [-0.1, -0.05) is 251 Å². The van der Waals surface area contributed by atoms with Crippen LogP contribution >= 0.6 is 0 Å². The first-order valence-corrected chi connectivity index (χ1v) is 31.0. The largest absolute Gasteiger partial charge is 0.462 e. The molecule has 0 rings (SSSR count). The summed E-state index contributed by atoms with van der Waals surface area (Å²) >= 11 is 0. The number of carbonyl (C=O) groups excluding carboxylic acids is 3. The number of allylic oxidation sites excluding steroid dienone is 20. The highest BCUT2D eigenvalue weighted by atomic mass is 16.6. The number of carbonyl (C=O) groups is 3. The number of unbranched alkanes of at least 4 members (excludes halogenated alkanes) is 24. The Morgan fingerprint density at radius 1 is 0.280 bits per heavy atom. The number of esters is 3. The smallest absolute Gasteiger partial charge is 0.306 e. The van der Waals surface area contributed by atoms with Crippen LogP contribution in [0.25, 0.3) is 0 Å². The van der Waals surface area contributed by atoms with Crippen LogP contribution in [0.4, 0.5) is 0 Å². The molecule has 0 aromatic carbocycles. The molecule has 426 valence electrons. The first-order valence-electron chi connectivity index (χ1n) is 31.0. The van der Waals surface area contributed by atoms with Crippen molar-refractivity contribution in [1.29, 1.82) is 0 Å². The Hall–Kier alpha value is -4.19. The van der Waals surface area contributed by atoms with Crippen LogP contribution in [0.3, 0.4) is 0 Å². The standard InChI is InChI=1S/C69H114O6/c1-4-7-10-13-16-19-22-25-28-31-32-33-34-35-36-39-41-44-47-50-53-56-59-62-68(71)74-65-66(75-69(72)63-60-57-54-51-48-45-42-38-30-27-24-21-18-15-12-9-6-3)64-73-67(70)61-58-55-52-49-46-43-40-37-29-26-23-20-17-14-11-8-5-2/h9,12,17-18,20-22,25-27,29-32,34-35,42,45,51,54,66H,4-8,10-11,13-16,19,23-24,28,33,36-41,43-44,46-50,52-53,55-65H2,1-3H3/b12-9-,20-17-,21-18-,25-22-,29-26-,30-27-,32-31-,35-34-,45-42-,54-51-. The summed E-state index contributed by atoms with van der Waals surface area (Å²) in [5, 5.41) is 0. The van der Waals surface area contributed by atoms with Gasteiger partial charge in [0.25, 0.3) is 0 Å². The molecule has 0 heterocycles. The molecule has 6 nitrogen and oxygen atoms in total. The summed E-state index contributed by atoms with van der Waals surface area (Å²) in [6, 6.07) is 0. The van der Waals surface area contributed by atoms with Gasteiger partial charge in [0.2, 0.25) is 0 Å². The van der Waals surface area contributed by atoms with Crippen LogP contribution < -0.4 is 0 Å². The van der Waals surface area contributed by atoms with Gasteiger partial charge in [0.15, 0.2) is 6.10 Å². The molecule has 0 aliphatic rings. The van der Waals surface area contributed by atoms with E-state index in [1.165, 1.54) is 122 Å². The zero-order valence-corrected chi connectivity index (χ0v) is 48.8. The van der Waals surface area contributed by atoms with E-state index in [4.69, 9.17) is 14.2 Å². The molecule has 0 radical (unpaired) electrons. The monoisotopic (exact) mass is 1040 g/mol. The molecule has 6 heteroatoms. The Morgan fingerprint density at radius 2 is 0.533 bits per heavy atom. The summed E-state index contributed by atoms with van der Waals surface area (Å²) < 4.78 is 16.9. The quantitative estimate of drug-likeness (QED) is 0.0261. The van der Waals surface area contributed by atoms with Crippen molar-refractivity contribution in [3.63, 3.8) is 0 Å². The lowest BCUT2D eigenvalue weighted by Gasteiger charge is -2.18. The van der Waals surface area contributed by atoms with Crippen molar-refractivity contribution in [1.82, 2.24) is 0 Å². The average Bonchev–Trinajstić information content (AvgIpc) is 3.41. The molecule has 0 bridgehead atoms. The summed E-state index contributed by atoms with van der Waals surface area (Å²) in [5.41, 5.74) is 0. The molecule has 0 spiro atoms. The lowest BCUT2D eigenvalue weighted by Crippen LogP contribution is -2.30. The second-order valence-electron chi connectivity index (χ2n) is 20.2. The van der Waals surface area contributed by atoms with Gasteiger partial charge in [-0.2, -0.15) is 0 Å². The van der Waals surface area contributed by atoms with Crippen molar-refractivity contribution in [2.24, 2.45) is 0 Å². The summed E-state index contributed by atoms with van der Waals surface area (Å²) in [6.07, 6.45) is 86.3. The van der Waals surface area contributed by atoms with Crippen LogP contribution in [0.2, 0.25) is 0 Å². The molecular formula is C69H114O6. The molecule has 0 aliphatic carbocycles. The molecule has 0 amide bonds. The third-order valence-electron chi connectivity index (χ3n) is 12.9. The van der Waals surface area contributed by atoms with Crippen molar-refractivity contribution in [2.45, 2.75) is 284 Å². The maximum absolute atomic E-state index is 12.9. The van der Waals surface area contributed by atoms with Crippen LogP contribution in [-0.2, 0) is 28.6 Å². The second-order valence-corrected chi connectivity index (χ2v) is 20.2. The lowest BCUT2D eigenvalue weighted by atomic mass is 10.1. The zero-order valence-electron chi connectivity index (χ0n) is 48.8. The van der Waals surface area contributed by atoms with Crippen LogP contribution in [0.1, 0.15) is 278 Å². The van der Waals surface area contributed by atoms with E-state index in [1.54, 1.807) is 0 Å². The van der Waals surface area contributed by atoms with Crippen LogP contribution in [-0.4, -0.2) is 37.2 Å². The number of hydrogen-bond donors (Lipinski definition) is 0. The molecule has 75 heavy (non-hydrogen) atoms. The molecule has 0 N–H and O–H groups in total. The van der Waals surface area contributed by atoms with Gasteiger partial charge < -0.3 is 14.2 Å². The fraction of sp³-hybridized carbons (Fsp3) is 0.667. The molecule has 0 fully saturated rings. The minimum atomic E-state index is -0.819. The summed E-state index contributed by atoms with van der Waals surface area (Å²) in [6.45, 7) is 6.44. The Bertz CT molecular complexity index is 1570. The first kappa shape index (κ1) is 70.8. The molecule has 1 atom stereocenters. The van der Waals surface area contributed by atoms with Gasteiger partial charge in [-0.25, -0.2) is 0 Å². The Morgan fingerprint density at radius 3 is 0.880 bits per heavy atom. The fourth-order valence-corrected chi connectivity index (χ4v) is 8.28. The van der Waals surface area contributed by atoms with E-state index in [-0.39, 0.29) is 37.5 Å². The molecule has 0 aromatic rings. The average molecular weight is 1040 g/mol. The van der Waals surface area contributed by atoms with E-state index in [1.807, 2.05) is 0 Å². The number of hydrogen-bond acceptors (Lipinski definition) is 6. The van der Waals surface area contributed by atoms with Crippen molar-refractivity contribution >= 4 is 17.9 Å². The molecular weight excluding hydrogens is 925 g/mol. The van der Waals surface area contributed by atoms with E-state index >= 15 is 0 Å². The number of rotatable bonds is 55. The summed E-state index contributed by atoms with van der Waals surface area (Å²) in [7, 11) is 0. The SMILES string of the molecule is CC/C=C\C/C=C\C/C=C\C/C=C\C/C=C\CCCC(=O)OC(COC(=O)CCCCCCCCC/C=C\C/C=C\CCCCC)COC(=O)CCCCCCCCCC/C=C\C/C=C\C/C=C\CCCCCCC. The molecule has 0 saturated heterocycles. The summed E-state index contributed by atoms with van der Waals surface area (Å²) in [5.74, 6) is -0.981. The minimum Gasteiger partial charge on any atom is -0.462 e. The maximum atomic E-state index is 12.9. The number of ether oxygens (including phenoxy) is 3. The van der Waals surface area contributed by atoms with E-state index in [2.05, 4.69) is 142 Å². The van der Waals surface area contributed by atoms with E-state index in [9.17, 15) is 14.4 Å². The molecule has 0 aromatic heterocycles. The molecule has 1 unspecified atom stereocenters. The first-order chi connectivity index (χ1) is 37.0. The minimum absolute atomic E-state index is 0.110. The zero-order chi connectivity index (χ0) is 54.3. The second kappa shape index (κ2) is 62.4.